The number of hydrogen-bond donors (Lipinski definition) is 2. The maximum Gasteiger partial charge on any atom is 0.241 e. The van der Waals surface area contributed by atoms with E-state index in [9.17, 15) is 13.2 Å². The van der Waals surface area contributed by atoms with Crippen molar-refractivity contribution in [2.45, 2.75) is 37.5 Å². The molecule has 0 bridgehead atoms. The highest BCUT2D eigenvalue weighted by atomic mass is 32.2. The van der Waals surface area contributed by atoms with Crippen LogP contribution in [0.1, 0.15) is 32.6 Å². The Labute approximate surface area is 160 Å². The number of nitrogens with one attached hydrogen (secondary N) is 2. The molecule has 1 saturated carbocycles. The van der Waals surface area contributed by atoms with Crippen LogP contribution in [0.15, 0.2) is 41.3 Å². The van der Waals surface area contributed by atoms with Crippen LogP contribution in [0, 0.1) is 5.92 Å². The first kappa shape index (κ1) is 19.6. The molecule has 0 saturated heterocycles. The maximum absolute atomic E-state index is 12.8. The van der Waals surface area contributed by atoms with Crippen molar-refractivity contribution in [2.24, 2.45) is 5.92 Å². The standard InChI is InChI=1S/C20H26N2O4S/c1-2-26-18-11-12-19(17-10-6-5-9-16(17)18)27(24,25)22-14-13-21-20(23)15-7-3-4-8-15/h5-6,9-12,15,22H,2-4,7-8,13-14H2,1H3,(H,21,23). The summed E-state index contributed by atoms with van der Waals surface area (Å²) in [5.41, 5.74) is 0. The average molecular weight is 391 g/mol. The van der Waals surface area contributed by atoms with Crippen molar-refractivity contribution in [3.8, 4) is 5.75 Å². The molecule has 0 spiro atoms. The van der Waals surface area contributed by atoms with E-state index in [-0.39, 0.29) is 29.8 Å². The van der Waals surface area contributed by atoms with Gasteiger partial charge in [0, 0.05) is 29.8 Å². The predicted octanol–water partition coefficient (Wildman–Crippen LogP) is 2.82. The van der Waals surface area contributed by atoms with Crippen LogP contribution < -0.4 is 14.8 Å². The van der Waals surface area contributed by atoms with Gasteiger partial charge in [0.2, 0.25) is 15.9 Å². The number of ether oxygens (including phenoxy) is 1. The van der Waals surface area contributed by atoms with Crippen molar-refractivity contribution in [1.29, 1.82) is 0 Å². The third-order valence-electron chi connectivity index (χ3n) is 4.88. The lowest BCUT2D eigenvalue weighted by Crippen LogP contribution is -2.37. The molecule has 1 aliphatic rings. The molecule has 1 amide bonds. The Balaban J connectivity index is 1.68. The van der Waals surface area contributed by atoms with E-state index in [4.69, 9.17) is 4.74 Å². The highest BCUT2D eigenvalue weighted by molar-refractivity contribution is 7.89. The lowest BCUT2D eigenvalue weighted by Gasteiger charge is -2.14. The maximum atomic E-state index is 12.8. The minimum absolute atomic E-state index is 0.0261. The highest BCUT2D eigenvalue weighted by Crippen LogP contribution is 2.31. The Bertz CT molecular complexity index is 905. The van der Waals surface area contributed by atoms with Gasteiger partial charge in [-0.2, -0.15) is 0 Å². The molecule has 0 atom stereocenters. The molecule has 2 aromatic carbocycles. The van der Waals surface area contributed by atoms with Crippen molar-refractivity contribution < 1.29 is 17.9 Å². The van der Waals surface area contributed by atoms with E-state index in [0.29, 0.717) is 17.7 Å². The zero-order chi connectivity index (χ0) is 19.3. The summed E-state index contributed by atoms with van der Waals surface area (Å²) in [6.45, 7) is 2.84. The number of hydrogen-bond acceptors (Lipinski definition) is 4. The number of sulfonamides is 1. The van der Waals surface area contributed by atoms with Crippen LogP contribution in [0.4, 0.5) is 0 Å². The van der Waals surface area contributed by atoms with E-state index < -0.39 is 10.0 Å². The van der Waals surface area contributed by atoms with Crippen molar-refractivity contribution in [3.05, 3.63) is 36.4 Å². The molecule has 0 radical (unpaired) electrons. The number of carbonyl (C=O) groups is 1. The summed E-state index contributed by atoms with van der Waals surface area (Å²) in [4.78, 5) is 12.2. The topological polar surface area (TPSA) is 84.5 Å². The Morgan fingerprint density at radius 3 is 2.48 bits per heavy atom. The van der Waals surface area contributed by atoms with E-state index in [1.807, 2.05) is 19.1 Å². The summed E-state index contributed by atoms with van der Waals surface area (Å²) in [6.07, 6.45) is 4.04. The first-order chi connectivity index (χ1) is 13.0. The number of carbonyl (C=O) groups excluding carboxylic acids is 1. The van der Waals surface area contributed by atoms with Crippen LogP contribution in [0.25, 0.3) is 10.8 Å². The van der Waals surface area contributed by atoms with E-state index in [0.717, 1.165) is 31.1 Å². The molecule has 27 heavy (non-hydrogen) atoms. The predicted molar refractivity (Wildman–Crippen MR) is 105 cm³/mol. The summed E-state index contributed by atoms with van der Waals surface area (Å²) in [6, 6.07) is 10.5. The molecule has 7 heteroatoms. The number of fused-ring (bicyclic) bond motifs is 1. The van der Waals surface area contributed by atoms with Crippen LogP contribution in [0.2, 0.25) is 0 Å². The summed E-state index contributed by atoms with van der Waals surface area (Å²) >= 11 is 0. The van der Waals surface area contributed by atoms with Crippen LogP contribution in [-0.4, -0.2) is 34.0 Å². The smallest absolute Gasteiger partial charge is 0.241 e. The molecule has 1 fully saturated rings. The Kier molecular flexibility index (Phi) is 6.34. The largest absolute Gasteiger partial charge is 0.493 e. The van der Waals surface area contributed by atoms with Gasteiger partial charge in [0.15, 0.2) is 0 Å². The normalized spacial score (nSPS) is 15.1. The quantitative estimate of drug-likeness (QED) is 0.679. The van der Waals surface area contributed by atoms with E-state index in [2.05, 4.69) is 10.0 Å². The zero-order valence-electron chi connectivity index (χ0n) is 15.5. The fourth-order valence-electron chi connectivity index (χ4n) is 3.54. The summed E-state index contributed by atoms with van der Waals surface area (Å²) in [7, 11) is -3.69. The molecule has 0 aliphatic heterocycles. The van der Waals surface area contributed by atoms with Gasteiger partial charge in [-0.25, -0.2) is 13.1 Å². The number of rotatable bonds is 8. The monoisotopic (exact) mass is 390 g/mol. The van der Waals surface area contributed by atoms with Crippen LogP contribution in [0.5, 0.6) is 5.75 Å². The molecular formula is C20H26N2O4S. The van der Waals surface area contributed by atoms with Crippen molar-refractivity contribution in [3.63, 3.8) is 0 Å². The van der Waals surface area contributed by atoms with Gasteiger partial charge in [-0.05, 0) is 31.9 Å². The molecule has 2 N–H and O–H groups in total. The molecule has 0 unspecified atom stereocenters. The van der Waals surface area contributed by atoms with Gasteiger partial charge in [0.25, 0.3) is 0 Å². The van der Waals surface area contributed by atoms with Gasteiger partial charge in [0.05, 0.1) is 11.5 Å². The van der Waals surface area contributed by atoms with Crippen molar-refractivity contribution >= 4 is 26.7 Å². The molecule has 6 nitrogen and oxygen atoms in total. The minimum atomic E-state index is -3.69. The van der Waals surface area contributed by atoms with E-state index in [1.165, 1.54) is 0 Å². The third kappa shape index (κ3) is 4.59. The second-order valence-corrected chi connectivity index (χ2v) is 8.45. The molecule has 1 aliphatic carbocycles. The average Bonchev–Trinajstić information content (AvgIpc) is 3.20. The van der Waals surface area contributed by atoms with Crippen molar-refractivity contribution in [2.75, 3.05) is 19.7 Å². The van der Waals surface area contributed by atoms with E-state index >= 15 is 0 Å². The molecule has 2 aromatic rings. The first-order valence-electron chi connectivity index (χ1n) is 9.45. The Morgan fingerprint density at radius 2 is 1.78 bits per heavy atom. The molecule has 0 aromatic heterocycles. The third-order valence-corrected chi connectivity index (χ3v) is 6.39. The highest BCUT2D eigenvalue weighted by Gasteiger charge is 2.22. The Hall–Kier alpha value is -2.12. The number of amides is 1. The fourth-order valence-corrected chi connectivity index (χ4v) is 4.78. The van der Waals surface area contributed by atoms with Gasteiger partial charge in [0.1, 0.15) is 5.75 Å². The minimum Gasteiger partial charge on any atom is -0.493 e. The molecule has 3 rings (SSSR count). The molecule has 0 heterocycles. The second-order valence-electron chi connectivity index (χ2n) is 6.71. The van der Waals surface area contributed by atoms with E-state index in [1.54, 1.807) is 24.3 Å². The second kappa shape index (κ2) is 8.71. The van der Waals surface area contributed by atoms with Gasteiger partial charge in [-0.1, -0.05) is 37.1 Å². The lowest BCUT2D eigenvalue weighted by molar-refractivity contribution is -0.124. The first-order valence-corrected chi connectivity index (χ1v) is 10.9. The van der Waals surface area contributed by atoms with Gasteiger partial charge in [-0.15, -0.1) is 0 Å². The summed E-state index contributed by atoms with van der Waals surface area (Å²) in [5.74, 6) is 0.769. The van der Waals surface area contributed by atoms with Crippen LogP contribution >= 0.6 is 0 Å². The van der Waals surface area contributed by atoms with Crippen molar-refractivity contribution in [1.82, 2.24) is 10.0 Å². The zero-order valence-corrected chi connectivity index (χ0v) is 16.3. The lowest BCUT2D eigenvalue weighted by atomic mass is 10.1. The summed E-state index contributed by atoms with van der Waals surface area (Å²) < 4.78 is 33.7. The van der Waals surface area contributed by atoms with Crippen LogP contribution in [-0.2, 0) is 14.8 Å². The molecular weight excluding hydrogens is 364 g/mol. The van der Waals surface area contributed by atoms with Crippen LogP contribution in [0.3, 0.4) is 0 Å². The van der Waals surface area contributed by atoms with Gasteiger partial charge >= 0.3 is 0 Å². The fraction of sp³-hybridized carbons (Fsp3) is 0.450. The van der Waals surface area contributed by atoms with Gasteiger partial charge in [-0.3, -0.25) is 4.79 Å². The number of benzene rings is 2. The molecule has 146 valence electrons. The summed E-state index contributed by atoms with van der Waals surface area (Å²) in [5, 5.41) is 4.20. The van der Waals surface area contributed by atoms with Gasteiger partial charge < -0.3 is 10.1 Å². The Morgan fingerprint density at radius 1 is 1.07 bits per heavy atom. The SMILES string of the molecule is CCOc1ccc(S(=O)(=O)NCCNC(=O)C2CCCC2)c2ccccc12.